The number of morpholine rings is 1. The van der Waals surface area contributed by atoms with Gasteiger partial charge in [0.1, 0.15) is 5.02 Å². The number of ether oxygens (including phenoxy) is 1. The van der Waals surface area contributed by atoms with E-state index in [0.717, 1.165) is 42.0 Å². The first-order valence-electron chi connectivity index (χ1n) is 7.63. The molecule has 1 aromatic carbocycles. The van der Waals surface area contributed by atoms with Crippen LogP contribution < -0.4 is 15.8 Å². The van der Waals surface area contributed by atoms with Crippen LogP contribution >= 0.6 is 27.5 Å². The maximum atomic E-state index is 11.9. The van der Waals surface area contributed by atoms with Crippen LogP contribution in [-0.2, 0) is 18.3 Å². The van der Waals surface area contributed by atoms with E-state index in [1.165, 1.54) is 4.68 Å². The van der Waals surface area contributed by atoms with Crippen molar-refractivity contribution >= 4 is 38.9 Å². The first-order valence-corrected chi connectivity index (χ1v) is 8.80. The van der Waals surface area contributed by atoms with Crippen LogP contribution in [0.5, 0.6) is 0 Å². The van der Waals surface area contributed by atoms with Crippen molar-refractivity contribution in [3.63, 3.8) is 0 Å². The SMILES string of the molecule is Cn1ncc(NCc2ccc(Br)cc2N2CCOCC2)c(Cl)c1=O. The number of nitrogens with one attached hydrogen (secondary N) is 1. The third-order valence-electron chi connectivity index (χ3n) is 3.95. The predicted octanol–water partition coefficient (Wildman–Crippen LogP) is 2.64. The standard InChI is InChI=1S/C16H18BrClN4O2/c1-21-16(23)15(18)13(10-20-21)19-9-11-2-3-12(17)8-14(11)22-4-6-24-7-5-22/h2-3,8,10,19H,4-7,9H2,1H3. The molecule has 1 aromatic heterocycles. The summed E-state index contributed by atoms with van der Waals surface area (Å²) < 4.78 is 7.67. The van der Waals surface area contributed by atoms with E-state index < -0.39 is 0 Å². The second-order valence-corrected chi connectivity index (χ2v) is 6.82. The fourth-order valence-electron chi connectivity index (χ4n) is 2.61. The zero-order chi connectivity index (χ0) is 17.1. The van der Waals surface area contributed by atoms with E-state index in [1.807, 2.05) is 6.07 Å². The summed E-state index contributed by atoms with van der Waals surface area (Å²) in [6.07, 6.45) is 1.57. The summed E-state index contributed by atoms with van der Waals surface area (Å²) in [7, 11) is 1.57. The number of halogens is 2. The fourth-order valence-corrected chi connectivity index (χ4v) is 3.20. The molecule has 1 fully saturated rings. The van der Waals surface area contributed by atoms with E-state index in [9.17, 15) is 4.79 Å². The molecule has 24 heavy (non-hydrogen) atoms. The molecule has 0 radical (unpaired) electrons. The van der Waals surface area contributed by atoms with Gasteiger partial charge in [-0.2, -0.15) is 5.10 Å². The molecule has 3 rings (SSSR count). The van der Waals surface area contributed by atoms with Crippen LogP contribution in [0.3, 0.4) is 0 Å². The molecule has 0 atom stereocenters. The Bertz CT molecular complexity index is 790. The predicted molar refractivity (Wildman–Crippen MR) is 99.0 cm³/mol. The van der Waals surface area contributed by atoms with Crippen LogP contribution in [0.25, 0.3) is 0 Å². The van der Waals surface area contributed by atoms with Crippen molar-refractivity contribution in [2.45, 2.75) is 6.54 Å². The van der Waals surface area contributed by atoms with Crippen LogP contribution in [0.1, 0.15) is 5.56 Å². The Labute approximate surface area is 153 Å². The van der Waals surface area contributed by atoms with Crippen molar-refractivity contribution in [2.75, 3.05) is 36.5 Å². The summed E-state index contributed by atoms with van der Waals surface area (Å²) in [5, 5.41) is 7.37. The summed E-state index contributed by atoms with van der Waals surface area (Å²) in [4.78, 5) is 14.2. The first-order chi connectivity index (χ1) is 11.6. The van der Waals surface area contributed by atoms with Crippen molar-refractivity contribution in [3.8, 4) is 0 Å². The van der Waals surface area contributed by atoms with Gasteiger partial charge in [0, 0.05) is 36.8 Å². The summed E-state index contributed by atoms with van der Waals surface area (Å²) in [5.74, 6) is 0. The molecule has 0 bridgehead atoms. The van der Waals surface area contributed by atoms with Crippen molar-refractivity contribution in [1.29, 1.82) is 0 Å². The molecule has 0 amide bonds. The molecule has 1 aliphatic rings. The van der Waals surface area contributed by atoms with E-state index in [-0.39, 0.29) is 10.6 Å². The van der Waals surface area contributed by atoms with Gasteiger partial charge in [-0.15, -0.1) is 0 Å². The summed E-state index contributed by atoms with van der Waals surface area (Å²) >= 11 is 9.64. The fraction of sp³-hybridized carbons (Fsp3) is 0.375. The zero-order valence-electron chi connectivity index (χ0n) is 13.3. The number of benzene rings is 1. The number of aromatic nitrogens is 2. The number of aryl methyl sites for hydroxylation is 1. The first kappa shape index (κ1) is 17.3. The second kappa shape index (κ2) is 7.55. The smallest absolute Gasteiger partial charge is 0.287 e. The Morgan fingerprint density at radius 1 is 1.38 bits per heavy atom. The van der Waals surface area contributed by atoms with Gasteiger partial charge in [-0.25, -0.2) is 4.68 Å². The van der Waals surface area contributed by atoms with Gasteiger partial charge in [0.15, 0.2) is 0 Å². The number of nitrogens with zero attached hydrogens (tertiary/aromatic N) is 3. The average molecular weight is 414 g/mol. The Morgan fingerprint density at radius 2 is 2.12 bits per heavy atom. The summed E-state index contributed by atoms with van der Waals surface area (Å²) in [5.41, 5.74) is 2.49. The summed E-state index contributed by atoms with van der Waals surface area (Å²) in [6, 6.07) is 6.17. The number of rotatable bonds is 4. The van der Waals surface area contributed by atoms with E-state index >= 15 is 0 Å². The molecule has 1 aliphatic heterocycles. The van der Waals surface area contributed by atoms with E-state index in [1.54, 1.807) is 13.2 Å². The average Bonchev–Trinajstić information content (AvgIpc) is 2.61. The number of hydrogen-bond donors (Lipinski definition) is 1. The lowest BCUT2D eigenvalue weighted by Crippen LogP contribution is -2.37. The monoisotopic (exact) mass is 412 g/mol. The van der Waals surface area contributed by atoms with Gasteiger partial charge in [-0.3, -0.25) is 4.79 Å². The van der Waals surface area contributed by atoms with Crippen LogP contribution in [0.4, 0.5) is 11.4 Å². The molecular formula is C16H18BrClN4O2. The Morgan fingerprint density at radius 3 is 2.88 bits per heavy atom. The lowest BCUT2D eigenvalue weighted by molar-refractivity contribution is 0.122. The molecule has 1 N–H and O–H groups in total. The molecule has 0 saturated carbocycles. The van der Waals surface area contributed by atoms with Crippen molar-refractivity contribution in [1.82, 2.24) is 9.78 Å². The minimum atomic E-state index is -0.314. The van der Waals surface area contributed by atoms with Gasteiger partial charge in [0.2, 0.25) is 0 Å². The Hall–Kier alpha value is -1.57. The van der Waals surface area contributed by atoms with Gasteiger partial charge in [-0.1, -0.05) is 33.6 Å². The molecule has 2 aromatic rings. The van der Waals surface area contributed by atoms with Crippen molar-refractivity contribution < 1.29 is 4.74 Å². The van der Waals surface area contributed by atoms with Crippen molar-refractivity contribution in [3.05, 3.63) is 49.8 Å². The third kappa shape index (κ3) is 3.74. The Balaban J connectivity index is 1.82. The van der Waals surface area contributed by atoms with Gasteiger partial charge in [0.25, 0.3) is 5.56 Å². The second-order valence-electron chi connectivity index (χ2n) is 5.53. The zero-order valence-corrected chi connectivity index (χ0v) is 15.6. The lowest BCUT2D eigenvalue weighted by Gasteiger charge is -2.31. The maximum Gasteiger partial charge on any atom is 0.287 e. The molecule has 0 unspecified atom stereocenters. The molecule has 6 nitrogen and oxygen atoms in total. The van der Waals surface area contributed by atoms with Gasteiger partial charge in [-0.05, 0) is 17.7 Å². The van der Waals surface area contributed by atoms with Gasteiger partial charge >= 0.3 is 0 Å². The van der Waals surface area contributed by atoms with Crippen LogP contribution in [-0.4, -0.2) is 36.1 Å². The topological polar surface area (TPSA) is 59.4 Å². The highest BCUT2D eigenvalue weighted by molar-refractivity contribution is 9.10. The molecular weight excluding hydrogens is 396 g/mol. The maximum absolute atomic E-state index is 11.9. The van der Waals surface area contributed by atoms with E-state index in [0.29, 0.717) is 12.2 Å². The third-order valence-corrected chi connectivity index (χ3v) is 4.81. The quantitative estimate of drug-likeness (QED) is 0.835. The molecule has 2 heterocycles. The van der Waals surface area contributed by atoms with Gasteiger partial charge in [0.05, 0.1) is 25.1 Å². The van der Waals surface area contributed by atoms with E-state index in [2.05, 4.69) is 43.4 Å². The lowest BCUT2D eigenvalue weighted by atomic mass is 10.1. The highest BCUT2D eigenvalue weighted by Gasteiger charge is 2.16. The van der Waals surface area contributed by atoms with E-state index in [4.69, 9.17) is 16.3 Å². The highest BCUT2D eigenvalue weighted by atomic mass is 79.9. The molecule has 1 saturated heterocycles. The number of anilines is 2. The largest absolute Gasteiger partial charge is 0.378 e. The van der Waals surface area contributed by atoms with Crippen LogP contribution in [0, 0.1) is 0 Å². The normalized spacial score (nSPS) is 14.7. The van der Waals surface area contributed by atoms with Gasteiger partial charge < -0.3 is 15.0 Å². The molecule has 0 spiro atoms. The minimum Gasteiger partial charge on any atom is -0.378 e. The van der Waals surface area contributed by atoms with Crippen molar-refractivity contribution in [2.24, 2.45) is 7.05 Å². The van der Waals surface area contributed by atoms with Crippen LogP contribution in [0.15, 0.2) is 33.7 Å². The minimum absolute atomic E-state index is 0.150. The summed E-state index contributed by atoms with van der Waals surface area (Å²) in [6.45, 7) is 3.72. The molecule has 0 aliphatic carbocycles. The Kier molecular flexibility index (Phi) is 5.43. The molecule has 128 valence electrons. The van der Waals surface area contributed by atoms with Crippen LogP contribution in [0.2, 0.25) is 5.02 Å². The number of hydrogen-bond acceptors (Lipinski definition) is 5. The highest BCUT2D eigenvalue weighted by Crippen LogP contribution is 2.27. The molecule has 8 heteroatoms.